The molecule has 0 bridgehead atoms. The van der Waals surface area contributed by atoms with Crippen molar-refractivity contribution in [3.05, 3.63) is 42.6 Å². The van der Waals surface area contributed by atoms with Crippen molar-refractivity contribution >= 4 is 23.7 Å². The second kappa shape index (κ2) is 6.90. The van der Waals surface area contributed by atoms with Crippen LogP contribution in [0, 0.1) is 0 Å². The number of nitrogens with zero attached hydrogens (tertiary/aromatic N) is 4. The van der Waals surface area contributed by atoms with Crippen LogP contribution in [-0.4, -0.2) is 63.7 Å². The number of amides is 3. The maximum Gasteiger partial charge on any atom is 0.316 e. The molecule has 0 unspecified atom stereocenters. The van der Waals surface area contributed by atoms with Crippen molar-refractivity contribution in [1.29, 1.82) is 0 Å². The van der Waals surface area contributed by atoms with Crippen LogP contribution in [-0.2, 0) is 9.59 Å². The molecule has 9 heteroatoms. The van der Waals surface area contributed by atoms with Crippen molar-refractivity contribution in [2.45, 2.75) is 0 Å². The Labute approximate surface area is 137 Å². The molecular weight excluding hydrogens is 314 g/mol. The second-order valence-corrected chi connectivity index (χ2v) is 5.09. The van der Waals surface area contributed by atoms with E-state index in [-0.39, 0.29) is 30.7 Å². The predicted molar refractivity (Wildman–Crippen MR) is 81.9 cm³/mol. The molecule has 0 atom stereocenters. The molecule has 0 aromatic carbocycles. The summed E-state index contributed by atoms with van der Waals surface area (Å²) in [6.45, 7) is 1.21. The van der Waals surface area contributed by atoms with Gasteiger partial charge in [0.15, 0.2) is 5.76 Å². The predicted octanol–water partition coefficient (Wildman–Crippen LogP) is -0.00730. The van der Waals surface area contributed by atoms with E-state index < -0.39 is 11.8 Å². The number of anilines is 1. The van der Waals surface area contributed by atoms with Gasteiger partial charge < -0.3 is 14.2 Å². The number of hydrogen-bond acceptors (Lipinski definition) is 6. The molecule has 1 aliphatic heterocycles. The number of aromatic nitrogens is 2. The maximum absolute atomic E-state index is 12.1. The monoisotopic (exact) mass is 329 g/mol. The van der Waals surface area contributed by atoms with Crippen LogP contribution < -0.4 is 5.32 Å². The van der Waals surface area contributed by atoms with Gasteiger partial charge in [-0.1, -0.05) is 0 Å². The summed E-state index contributed by atoms with van der Waals surface area (Å²) in [6, 6.07) is 4.84. The average Bonchev–Trinajstić information content (AvgIpc) is 3.16. The molecule has 1 fully saturated rings. The maximum atomic E-state index is 12.1. The number of carbonyl (C=O) groups excluding carboxylic acids is 3. The summed E-state index contributed by atoms with van der Waals surface area (Å²) in [5, 5.41) is 2.35. The van der Waals surface area contributed by atoms with Gasteiger partial charge in [-0.15, -0.1) is 0 Å². The van der Waals surface area contributed by atoms with Crippen LogP contribution in [0.15, 0.2) is 41.3 Å². The molecule has 0 saturated carbocycles. The lowest BCUT2D eigenvalue weighted by molar-refractivity contribution is -0.144. The van der Waals surface area contributed by atoms with Gasteiger partial charge in [0.2, 0.25) is 5.95 Å². The first kappa shape index (κ1) is 15.7. The first-order valence-corrected chi connectivity index (χ1v) is 7.35. The molecule has 3 amide bonds. The van der Waals surface area contributed by atoms with E-state index in [2.05, 4.69) is 15.3 Å². The molecule has 24 heavy (non-hydrogen) atoms. The van der Waals surface area contributed by atoms with Gasteiger partial charge in [0, 0.05) is 38.6 Å². The Bertz CT molecular complexity index is 724. The molecule has 2 aromatic heterocycles. The van der Waals surface area contributed by atoms with Crippen molar-refractivity contribution in [1.82, 2.24) is 19.8 Å². The van der Waals surface area contributed by atoms with Crippen molar-refractivity contribution in [2.24, 2.45) is 0 Å². The van der Waals surface area contributed by atoms with Crippen LogP contribution in [0.4, 0.5) is 5.95 Å². The smallest absolute Gasteiger partial charge is 0.316 e. The molecular formula is C15H15N5O4. The van der Waals surface area contributed by atoms with Crippen molar-refractivity contribution < 1.29 is 18.8 Å². The Morgan fingerprint density at radius 3 is 2.29 bits per heavy atom. The summed E-state index contributed by atoms with van der Waals surface area (Å²) in [5.41, 5.74) is 0. The van der Waals surface area contributed by atoms with Gasteiger partial charge in [-0.3, -0.25) is 19.7 Å². The van der Waals surface area contributed by atoms with Gasteiger partial charge in [-0.25, -0.2) is 9.97 Å². The molecule has 0 aliphatic carbocycles. The average molecular weight is 329 g/mol. The lowest BCUT2D eigenvalue weighted by Crippen LogP contribution is -2.53. The summed E-state index contributed by atoms with van der Waals surface area (Å²) < 4.78 is 5.08. The van der Waals surface area contributed by atoms with Crippen LogP contribution >= 0.6 is 0 Å². The first-order valence-electron chi connectivity index (χ1n) is 7.35. The molecule has 9 nitrogen and oxygen atoms in total. The van der Waals surface area contributed by atoms with E-state index in [0.717, 1.165) is 0 Å². The normalized spacial score (nSPS) is 14.3. The zero-order chi connectivity index (χ0) is 16.9. The number of nitrogens with one attached hydrogen (secondary N) is 1. The first-order chi connectivity index (χ1) is 11.6. The highest BCUT2D eigenvalue weighted by molar-refractivity contribution is 6.39. The van der Waals surface area contributed by atoms with Gasteiger partial charge in [0.05, 0.1) is 6.26 Å². The Morgan fingerprint density at radius 2 is 1.67 bits per heavy atom. The number of carbonyl (C=O) groups is 3. The Hall–Kier alpha value is -3.23. The largest absolute Gasteiger partial charge is 0.459 e. The van der Waals surface area contributed by atoms with E-state index in [1.807, 2.05) is 0 Å². The van der Waals surface area contributed by atoms with Crippen molar-refractivity contribution in [3.63, 3.8) is 0 Å². The Morgan fingerprint density at radius 1 is 1.00 bits per heavy atom. The summed E-state index contributed by atoms with van der Waals surface area (Å²) in [5.74, 6) is -1.37. The van der Waals surface area contributed by atoms with Crippen LogP contribution in [0.1, 0.15) is 10.6 Å². The molecule has 3 rings (SSSR count). The number of furan rings is 1. The van der Waals surface area contributed by atoms with E-state index >= 15 is 0 Å². The highest BCUT2D eigenvalue weighted by atomic mass is 16.3. The van der Waals surface area contributed by atoms with Crippen LogP contribution in [0.25, 0.3) is 0 Å². The van der Waals surface area contributed by atoms with E-state index in [1.165, 1.54) is 23.6 Å². The zero-order valence-electron chi connectivity index (χ0n) is 12.7. The molecule has 3 heterocycles. The fourth-order valence-corrected chi connectivity index (χ4v) is 2.33. The molecule has 1 saturated heterocycles. The van der Waals surface area contributed by atoms with Gasteiger partial charge in [0.25, 0.3) is 5.91 Å². The number of piperazine rings is 1. The van der Waals surface area contributed by atoms with Crippen LogP contribution in [0.5, 0.6) is 0 Å². The molecule has 1 N–H and O–H groups in total. The molecule has 1 aliphatic rings. The number of hydrogen-bond donors (Lipinski definition) is 1. The molecule has 0 radical (unpaired) electrons. The summed E-state index contributed by atoms with van der Waals surface area (Å²) in [4.78, 5) is 46.9. The lowest BCUT2D eigenvalue weighted by Gasteiger charge is -2.33. The van der Waals surface area contributed by atoms with Gasteiger partial charge in [-0.05, 0) is 18.2 Å². The fourth-order valence-electron chi connectivity index (χ4n) is 2.33. The van der Waals surface area contributed by atoms with Gasteiger partial charge in [-0.2, -0.15) is 0 Å². The summed E-state index contributed by atoms with van der Waals surface area (Å²) in [7, 11) is 0. The van der Waals surface area contributed by atoms with Crippen LogP contribution in [0.3, 0.4) is 0 Å². The Kier molecular flexibility index (Phi) is 4.50. The minimum atomic E-state index is -0.799. The van der Waals surface area contributed by atoms with E-state index in [9.17, 15) is 14.4 Å². The zero-order valence-corrected chi connectivity index (χ0v) is 12.7. The third-order valence-electron chi connectivity index (χ3n) is 3.57. The summed E-state index contributed by atoms with van der Waals surface area (Å²) in [6.07, 6.45) is 4.36. The van der Waals surface area contributed by atoms with E-state index in [4.69, 9.17) is 4.42 Å². The summed E-state index contributed by atoms with van der Waals surface area (Å²) >= 11 is 0. The third kappa shape index (κ3) is 3.40. The molecule has 2 aromatic rings. The number of rotatable bonds is 2. The lowest BCUT2D eigenvalue weighted by atomic mass is 10.2. The minimum Gasteiger partial charge on any atom is -0.459 e. The standard InChI is InChI=1S/C15H15N5O4/c21-12(18-15-16-4-2-5-17-15)14(23)20-8-6-19(7-9-20)13(22)11-3-1-10-24-11/h1-5,10H,6-9H2,(H,16,17,18,21). The van der Waals surface area contributed by atoms with Crippen LogP contribution in [0.2, 0.25) is 0 Å². The molecule has 0 spiro atoms. The fraction of sp³-hybridized carbons (Fsp3) is 0.267. The van der Waals surface area contributed by atoms with E-state index in [0.29, 0.717) is 13.1 Å². The van der Waals surface area contributed by atoms with Crippen molar-refractivity contribution in [2.75, 3.05) is 31.5 Å². The highest BCUT2D eigenvalue weighted by Crippen LogP contribution is 2.10. The van der Waals surface area contributed by atoms with Gasteiger partial charge >= 0.3 is 11.8 Å². The Balaban J connectivity index is 1.53. The second-order valence-electron chi connectivity index (χ2n) is 5.09. The van der Waals surface area contributed by atoms with E-state index in [1.54, 1.807) is 23.1 Å². The van der Waals surface area contributed by atoms with Gasteiger partial charge in [0.1, 0.15) is 0 Å². The third-order valence-corrected chi connectivity index (χ3v) is 3.57. The SMILES string of the molecule is O=C(Nc1ncccn1)C(=O)N1CCN(C(=O)c2ccco2)CC1. The highest BCUT2D eigenvalue weighted by Gasteiger charge is 2.29. The molecule has 124 valence electrons. The minimum absolute atomic E-state index is 0.0717. The van der Waals surface area contributed by atoms with Crippen molar-refractivity contribution in [3.8, 4) is 0 Å². The quantitative estimate of drug-likeness (QED) is 0.777. The topological polar surface area (TPSA) is 109 Å².